The van der Waals surface area contributed by atoms with E-state index in [1.54, 1.807) is 44.6 Å². The van der Waals surface area contributed by atoms with E-state index in [9.17, 15) is 9.59 Å². The molecule has 0 aliphatic carbocycles. The third-order valence-electron chi connectivity index (χ3n) is 4.97. The Kier molecular flexibility index (Phi) is 6.03. The summed E-state index contributed by atoms with van der Waals surface area (Å²) >= 11 is 0. The summed E-state index contributed by atoms with van der Waals surface area (Å²) < 4.78 is 10.5. The van der Waals surface area contributed by atoms with Crippen LogP contribution in [0.3, 0.4) is 0 Å². The Bertz CT molecular complexity index is 851. The van der Waals surface area contributed by atoms with Crippen LogP contribution in [-0.4, -0.2) is 39.1 Å². The first-order valence-corrected chi connectivity index (χ1v) is 9.19. The number of benzene rings is 2. The molecular formula is C21H25N3O4. The SMILES string of the molecule is COc1ccc(OC)c(NC(=O)c2ccc(N3CCC[C@H](C(N)=O)C3)cc2)c1. The molecule has 0 saturated carbocycles. The summed E-state index contributed by atoms with van der Waals surface area (Å²) in [6.45, 7) is 1.48. The van der Waals surface area contributed by atoms with Crippen LogP contribution in [0, 0.1) is 5.92 Å². The average Bonchev–Trinajstić information content (AvgIpc) is 2.73. The Morgan fingerprint density at radius 1 is 1.11 bits per heavy atom. The zero-order valence-corrected chi connectivity index (χ0v) is 16.1. The largest absolute Gasteiger partial charge is 0.497 e. The van der Waals surface area contributed by atoms with Gasteiger partial charge in [-0.3, -0.25) is 9.59 Å². The quantitative estimate of drug-likeness (QED) is 0.800. The number of hydrogen-bond acceptors (Lipinski definition) is 5. The molecule has 0 unspecified atom stereocenters. The minimum absolute atomic E-state index is 0.128. The molecule has 1 aliphatic rings. The third kappa shape index (κ3) is 4.36. The summed E-state index contributed by atoms with van der Waals surface area (Å²) in [5.74, 6) is 0.550. The second-order valence-corrected chi connectivity index (χ2v) is 6.75. The molecule has 0 bridgehead atoms. The monoisotopic (exact) mass is 383 g/mol. The second kappa shape index (κ2) is 8.65. The highest BCUT2D eigenvalue weighted by atomic mass is 16.5. The molecule has 1 heterocycles. The molecule has 0 radical (unpaired) electrons. The molecule has 7 heteroatoms. The van der Waals surface area contributed by atoms with Gasteiger partial charge in [0, 0.05) is 30.4 Å². The lowest BCUT2D eigenvalue weighted by Crippen LogP contribution is -2.41. The molecule has 1 atom stereocenters. The number of nitrogens with one attached hydrogen (secondary N) is 1. The summed E-state index contributed by atoms with van der Waals surface area (Å²) in [6.07, 6.45) is 1.75. The maximum atomic E-state index is 12.6. The van der Waals surface area contributed by atoms with Crippen molar-refractivity contribution in [2.24, 2.45) is 11.7 Å². The lowest BCUT2D eigenvalue weighted by Gasteiger charge is -2.33. The molecule has 3 N–H and O–H groups in total. The third-order valence-corrected chi connectivity index (χ3v) is 4.97. The zero-order valence-electron chi connectivity index (χ0n) is 16.1. The minimum atomic E-state index is -0.257. The van der Waals surface area contributed by atoms with Gasteiger partial charge in [-0.25, -0.2) is 0 Å². The van der Waals surface area contributed by atoms with E-state index in [1.165, 1.54) is 0 Å². The highest BCUT2D eigenvalue weighted by Crippen LogP contribution is 2.29. The van der Waals surface area contributed by atoms with Gasteiger partial charge in [-0.2, -0.15) is 0 Å². The molecule has 2 aromatic carbocycles. The van der Waals surface area contributed by atoms with Crippen molar-refractivity contribution in [1.82, 2.24) is 0 Å². The first-order valence-electron chi connectivity index (χ1n) is 9.19. The number of piperidine rings is 1. The molecule has 0 spiro atoms. The molecule has 2 amide bonds. The molecule has 2 aromatic rings. The van der Waals surface area contributed by atoms with E-state index in [0.29, 0.717) is 29.3 Å². The second-order valence-electron chi connectivity index (χ2n) is 6.75. The summed E-state index contributed by atoms with van der Waals surface area (Å²) in [4.78, 5) is 26.2. The summed E-state index contributed by atoms with van der Waals surface area (Å²) in [7, 11) is 3.11. The Hall–Kier alpha value is -3.22. The Morgan fingerprint density at radius 3 is 2.50 bits per heavy atom. The highest BCUT2D eigenvalue weighted by Gasteiger charge is 2.24. The topological polar surface area (TPSA) is 93.9 Å². The molecule has 1 saturated heterocycles. The van der Waals surface area contributed by atoms with Crippen LogP contribution in [0.4, 0.5) is 11.4 Å². The van der Waals surface area contributed by atoms with Crippen LogP contribution < -0.4 is 25.4 Å². The van der Waals surface area contributed by atoms with Crippen LogP contribution in [0.5, 0.6) is 11.5 Å². The summed E-state index contributed by atoms with van der Waals surface area (Å²) in [5.41, 5.74) is 7.49. The molecule has 0 aromatic heterocycles. The Balaban J connectivity index is 1.71. The van der Waals surface area contributed by atoms with Crippen LogP contribution in [0.1, 0.15) is 23.2 Å². The fraction of sp³-hybridized carbons (Fsp3) is 0.333. The van der Waals surface area contributed by atoms with Crippen molar-refractivity contribution in [3.63, 3.8) is 0 Å². The lowest BCUT2D eigenvalue weighted by atomic mass is 9.97. The van der Waals surface area contributed by atoms with E-state index in [2.05, 4.69) is 10.2 Å². The van der Waals surface area contributed by atoms with E-state index >= 15 is 0 Å². The van der Waals surface area contributed by atoms with Gasteiger partial charge < -0.3 is 25.4 Å². The van der Waals surface area contributed by atoms with Gasteiger partial charge in [0.1, 0.15) is 11.5 Å². The van der Waals surface area contributed by atoms with Crippen molar-refractivity contribution in [1.29, 1.82) is 0 Å². The normalized spacial score (nSPS) is 16.4. The number of primary amides is 1. The number of anilines is 2. The average molecular weight is 383 g/mol. The number of carbonyl (C=O) groups is 2. The van der Waals surface area contributed by atoms with E-state index < -0.39 is 0 Å². The molecule has 1 fully saturated rings. The van der Waals surface area contributed by atoms with Crippen molar-refractivity contribution < 1.29 is 19.1 Å². The van der Waals surface area contributed by atoms with Crippen LogP contribution >= 0.6 is 0 Å². The number of rotatable bonds is 6. The van der Waals surface area contributed by atoms with Gasteiger partial charge >= 0.3 is 0 Å². The molecular weight excluding hydrogens is 358 g/mol. The van der Waals surface area contributed by atoms with Gasteiger partial charge in [0.25, 0.3) is 5.91 Å². The Morgan fingerprint density at radius 2 is 1.86 bits per heavy atom. The van der Waals surface area contributed by atoms with E-state index in [0.717, 1.165) is 25.1 Å². The predicted molar refractivity (Wildman–Crippen MR) is 108 cm³/mol. The van der Waals surface area contributed by atoms with Crippen molar-refractivity contribution in [3.05, 3.63) is 48.0 Å². The highest BCUT2D eigenvalue weighted by molar-refractivity contribution is 6.05. The zero-order chi connectivity index (χ0) is 20.1. The van der Waals surface area contributed by atoms with E-state index in [1.807, 2.05) is 12.1 Å². The number of ether oxygens (including phenoxy) is 2. The number of nitrogens with two attached hydrogens (primary N) is 1. The summed E-state index contributed by atoms with van der Waals surface area (Å²) in [5, 5.41) is 2.85. The summed E-state index contributed by atoms with van der Waals surface area (Å²) in [6, 6.07) is 12.5. The first kappa shape index (κ1) is 19.5. The van der Waals surface area contributed by atoms with Crippen LogP contribution in [-0.2, 0) is 4.79 Å². The van der Waals surface area contributed by atoms with Gasteiger partial charge in [0.05, 0.1) is 25.8 Å². The van der Waals surface area contributed by atoms with Gasteiger partial charge in [-0.05, 0) is 49.2 Å². The van der Waals surface area contributed by atoms with Crippen molar-refractivity contribution in [2.75, 3.05) is 37.5 Å². The predicted octanol–water partition coefficient (Wildman–Crippen LogP) is 2.66. The number of carbonyl (C=O) groups excluding carboxylic acids is 2. The Labute approximate surface area is 164 Å². The number of hydrogen-bond donors (Lipinski definition) is 2. The van der Waals surface area contributed by atoms with Crippen molar-refractivity contribution in [3.8, 4) is 11.5 Å². The van der Waals surface area contributed by atoms with E-state index in [4.69, 9.17) is 15.2 Å². The van der Waals surface area contributed by atoms with E-state index in [-0.39, 0.29) is 17.7 Å². The molecule has 148 valence electrons. The first-order chi connectivity index (χ1) is 13.5. The standard InChI is InChI=1S/C21H25N3O4/c1-27-17-9-10-19(28-2)18(12-17)23-21(26)14-5-7-16(8-6-14)24-11-3-4-15(13-24)20(22)25/h5-10,12,15H,3-4,11,13H2,1-2H3,(H2,22,25)(H,23,26)/t15-/m0/s1. The molecule has 1 aliphatic heterocycles. The van der Waals surface area contributed by atoms with Crippen molar-refractivity contribution >= 4 is 23.2 Å². The minimum Gasteiger partial charge on any atom is -0.497 e. The fourth-order valence-electron chi connectivity index (χ4n) is 3.37. The van der Waals surface area contributed by atoms with Gasteiger partial charge in [-0.1, -0.05) is 0 Å². The molecule has 3 rings (SSSR count). The van der Waals surface area contributed by atoms with Crippen LogP contribution in [0.25, 0.3) is 0 Å². The van der Waals surface area contributed by atoms with Gasteiger partial charge in [-0.15, -0.1) is 0 Å². The maximum Gasteiger partial charge on any atom is 0.255 e. The maximum absolute atomic E-state index is 12.6. The molecule has 7 nitrogen and oxygen atoms in total. The fourth-order valence-corrected chi connectivity index (χ4v) is 3.37. The lowest BCUT2D eigenvalue weighted by molar-refractivity contribution is -0.122. The number of amides is 2. The smallest absolute Gasteiger partial charge is 0.255 e. The number of methoxy groups -OCH3 is 2. The van der Waals surface area contributed by atoms with Gasteiger partial charge in [0.15, 0.2) is 0 Å². The van der Waals surface area contributed by atoms with Crippen LogP contribution in [0.15, 0.2) is 42.5 Å². The van der Waals surface area contributed by atoms with Crippen molar-refractivity contribution in [2.45, 2.75) is 12.8 Å². The number of nitrogens with zero attached hydrogens (tertiary/aromatic N) is 1. The van der Waals surface area contributed by atoms with Crippen LogP contribution in [0.2, 0.25) is 0 Å². The van der Waals surface area contributed by atoms with Gasteiger partial charge in [0.2, 0.25) is 5.91 Å². The molecule has 28 heavy (non-hydrogen) atoms.